The van der Waals surface area contributed by atoms with Crippen LogP contribution in [-0.4, -0.2) is 4.57 Å². The number of hydrogen-bond donors (Lipinski definition) is 0. The van der Waals surface area contributed by atoms with Gasteiger partial charge < -0.3 is 13.9 Å². The van der Waals surface area contributed by atoms with Crippen LogP contribution in [0, 0.1) is 0 Å². The van der Waals surface area contributed by atoms with Crippen LogP contribution in [0.1, 0.15) is 0 Å². The molecule has 0 aliphatic heterocycles. The monoisotopic (exact) mass is 880 g/mol. The van der Waals surface area contributed by atoms with Crippen LogP contribution in [0.2, 0.25) is 0 Å². The van der Waals surface area contributed by atoms with Gasteiger partial charge in [0, 0.05) is 49.5 Å². The maximum atomic E-state index is 6.53. The van der Waals surface area contributed by atoms with E-state index in [0.29, 0.717) is 0 Å². The van der Waals surface area contributed by atoms with Gasteiger partial charge in [0.2, 0.25) is 0 Å². The number of hydrogen-bond acceptors (Lipinski definition) is 2. The summed E-state index contributed by atoms with van der Waals surface area (Å²) in [6.07, 6.45) is 0. The lowest BCUT2D eigenvalue weighted by molar-refractivity contribution is 0.670. The van der Waals surface area contributed by atoms with Crippen LogP contribution in [0.3, 0.4) is 0 Å². The summed E-state index contributed by atoms with van der Waals surface area (Å²) >= 11 is 0. The van der Waals surface area contributed by atoms with Gasteiger partial charge >= 0.3 is 0 Å². The molecule has 0 bridgehead atoms. The molecule has 0 radical (unpaired) electrons. The summed E-state index contributed by atoms with van der Waals surface area (Å²) in [6, 6.07) is 96.2. The summed E-state index contributed by atoms with van der Waals surface area (Å²) in [4.78, 5) is 2.44. The van der Waals surface area contributed by atoms with Crippen LogP contribution >= 0.6 is 0 Å². The summed E-state index contributed by atoms with van der Waals surface area (Å²) in [6.45, 7) is 0. The van der Waals surface area contributed by atoms with Gasteiger partial charge in [-0.15, -0.1) is 0 Å². The third kappa shape index (κ3) is 6.91. The zero-order chi connectivity index (χ0) is 45.7. The molecule has 0 aliphatic rings. The van der Waals surface area contributed by atoms with Gasteiger partial charge in [-0.25, -0.2) is 0 Å². The molecular weight excluding hydrogens is 837 g/mol. The van der Waals surface area contributed by atoms with Crippen molar-refractivity contribution in [2.45, 2.75) is 0 Å². The molecule has 2 aromatic heterocycles. The smallest absolute Gasteiger partial charge is 0.143 e. The zero-order valence-electron chi connectivity index (χ0n) is 37.7. The standard InChI is InChI=1S/C66H44N2O/c1-2-19-45(20-3-1)46-37-39-47(40-38-46)50-21-6-12-31-60(50)67(49-43-41-48(42-44-49)51-29-18-30-59-58-28-11-17-36-65(58)69-66(51)59)61-32-13-7-24-54(61)52-22-4-5-23-53(52)55-25-8-14-33-62(55)68-63-34-15-9-26-56(63)57-27-10-16-35-64(57)68/h1-44H. The molecule has 0 aliphatic carbocycles. The minimum Gasteiger partial charge on any atom is -0.455 e. The number of benzene rings is 11. The van der Waals surface area contributed by atoms with E-state index >= 15 is 0 Å². The van der Waals surface area contributed by atoms with E-state index in [9.17, 15) is 0 Å². The summed E-state index contributed by atoms with van der Waals surface area (Å²) in [7, 11) is 0. The minimum atomic E-state index is 0.894. The van der Waals surface area contributed by atoms with Gasteiger partial charge in [-0.05, 0) is 81.9 Å². The summed E-state index contributed by atoms with van der Waals surface area (Å²) < 4.78 is 8.96. The predicted octanol–water partition coefficient (Wildman–Crippen LogP) is 18.5. The highest BCUT2D eigenvalue weighted by Gasteiger charge is 2.24. The van der Waals surface area contributed by atoms with Crippen molar-refractivity contribution >= 4 is 60.8 Å². The lowest BCUT2D eigenvalue weighted by Crippen LogP contribution is -2.12. The second kappa shape index (κ2) is 16.9. The fraction of sp³-hybridized carbons (Fsp3) is 0. The number of rotatable bonds is 9. The summed E-state index contributed by atoms with van der Waals surface area (Å²) in [5, 5.41) is 4.73. The average molecular weight is 881 g/mol. The Morgan fingerprint density at radius 1 is 0.275 bits per heavy atom. The molecule has 0 amide bonds. The first-order chi connectivity index (χ1) is 34.3. The van der Waals surface area contributed by atoms with Crippen LogP contribution in [0.25, 0.3) is 105 Å². The van der Waals surface area contributed by atoms with Gasteiger partial charge in [0.1, 0.15) is 11.2 Å². The van der Waals surface area contributed by atoms with Crippen molar-refractivity contribution in [3.63, 3.8) is 0 Å². The molecule has 0 saturated carbocycles. The number of nitrogens with zero attached hydrogens (tertiary/aromatic N) is 2. The van der Waals surface area contributed by atoms with E-state index in [-0.39, 0.29) is 0 Å². The normalized spacial score (nSPS) is 11.5. The molecule has 0 saturated heterocycles. The van der Waals surface area contributed by atoms with E-state index in [0.717, 1.165) is 89.2 Å². The Hall–Kier alpha value is -9.18. The van der Waals surface area contributed by atoms with Gasteiger partial charge in [0.25, 0.3) is 0 Å². The first-order valence-corrected chi connectivity index (χ1v) is 23.6. The van der Waals surface area contributed by atoms with Crippen molar-refractivity contribution in [3.05, 3.63) is 267 Å². The topological polar surface area (TPSA) is 21.3 Å². The average Bonchev–Trinajstić information content (AvgIpc) is 3.98. The molecule has 0 N–H and O–H groups in total. The van der Waals surface area contributed by atoms with E-state index in [4.69, 9.17) is 4.42 Å². The van der Waals surface area contributed by atoms with Crippen LogP contribution in [0.4, 0.5) is 17.1 Å². The van der Waals surface area contributed by atoms with E-state index in [1.807, 2.05) is 12.1 Å². The third-order valence-corrected chi connectivity index (χ3v) is 13.7. The number of para-hydroxylation sites is 7. The highest BCUT2D eigenvalue weighted by atomic mass is 16.3. The SMILES string of the molecule is c1ccc(-c2ccc(-c3ccccc3N(c3ccc(-c4cccc5c4oc4ccccc45)cc3)c3ccccc3-c3ccccc3-c3ccccc3-n3c4ccccc4c4ccccc43)cc2)cc1. The van der Waals surface area contributed by atoms with Gasteiger partial charge in [-0.1, -0.05) is 218 Å². The van der Waals surface area contributed by atoms with Crippen LogP contribution in [0.5, 0.6) is 0 Å². The molecule has 3 heteroatoms. The fourth-order valence-corrected chi connectivity index (χ4v) is 10.5. The molecule has 13 aromatic rings. The summed E-state index contributed by atoms with van der Waals surface area (Å²) in [5.74, 6) is 0. The molecule has 324 valence electrons. The van der Waals surface area contributed by atoms with Crippen molar-refractivity contribution in [3.8, 4) is 61.3 Å². The first kappa shape index (κ1) is 40.1. The molecule has 0 unspecified atom stereocenters. The maximum absolute atomic E-state index is 6.53. The molecule has 2 heterocycles. The Balaban J connectivity index is 0.995. The highest BCUT2D eigenvalue weighted by Crippen LogP contribution is 2.48. The molecular formula is C66H44N2O. The zero-order valence-corrected chi connectivity index (χ0v) is 37.7. The van der Waals surface area contributed by atoms with Crippen molar-refractivity contribution in [2.24, 2.45) is 0 Å². The Labute approximate surface area is 401 Å². The molecule has 0 atom stereocenters. The fourth-order valence-electron chi connectivity index (χ4n) is 10.5. The second-order valence-electron chi connectivity index (χ2n) is 17.6. The number of aromatic nitrogens is 1. The van der Waals surface area contributed by atoms with E-state index in [1.165, 1.54) is 32.9 Å². The van der Waals surface area contributed by atoms with Crippen molar-refractivity contribution < 1.29 is 4.42 Å². The quantitative estimate of drug-likeness (QED) is 0.144. The van der Waals surface area contributed by atoms with Gasteiger partial charge in [0.15, 0.2) is 0 Å². The van der Waals surface area contributed by atoms with Gasteiger partial charge in [0.05, 0.1) is 28.1 Å². The first-order valence-electron chi connectivity index (χ1n) is 23.6. The van der Waals surface area contributed by atoms with E-state index < -0.39 is 0 Å². The molecule has 13 rings (SSSR count). The maximum Gasteiger partial charge on any atom is 0.143 e. The Morgan fingerprint density at radius 2 is 0.725 bits per heavy atom. The van der Waals surface area contributed by atoms with Gasteiger partial charge in [-0.3, -0.25) is 0 Å². The van der Waals surface area contributed by atoms with Gasteiger partial charge in [-0.2, -0.15) is 0 Å². The number of fused-ring (bicyclic) bond motifs is 6. The molecule has 11 aromatic carbocycles. The molecule has 3 nitrogen and oxygen atoms in total. The van der Waals surface area contributed by atoms with Crippen molar-refractivity contribution in [1.29, 1.82) is 0 Å². The second-order valence-corrected chi connectivity index (χ2v) is 17.6. The van der Waals surface area contributed by atoms with Crippen LogP contribution in [0.15, 0.2) is 271 Å². The van der Waals surface area contributed by atoms with Crippen molar-refractivity contribution in [1.82, 2.24) is 4.57 Å². The number of anilines is 3. The molecule has 0 fully saturated rings. The highest BCUT2D eigenvalue weighted by molar-refractivity contribution is 6.11. The largest absolute Gasteiger partial charge is 0.455 e. The summed E-state index contributed by atoms with van der Waals surface area (Å²) in [5.41, 5.74) is 19.9. The Bertz CT molecular complexity index is 3960. The van der Waals surface area contributed by atoms with E-state index in [2.05, 4.69) is 264 Å². The molecule has 69 heavy (non-hydrogen) atoms. The Morgan fingerprint density at radius 3 is 1.43 bits per heavy atom. The van der Waals surface area contributed by atoms with Crippen LogP contribution < -0.4 is 4.90 Å². The molecule has 0 spiro atoms. The predicted molar refractivity (Wildman–Crippen MR) is 290 cm³/mol. The van der Waals surface area contributed by atoms with E-state index in [1.54, 1.807) is 0 Å². The lowest BCUT2D eigenvalue weighted by Gasteiger charge is -2.30. The number of furan rings is 1. The van der Waals surface area contributed by atoms with Crippen molar-refractivity contribution in [2.75, 3.05) is 4.90 Å². The third-order valence-electron chi connectivity index (χ3n) is 13.7. The minimum absolute atomic E-state index is 0.894. The lowest BCUT2D eigenvalue weighted by atomic mass is 9.91. The Kier molecular flexibility index (Phi) is 9.84. The van der Waals surface area contributed by atoms with Crippen LogP contribution in [-0.2, 0) is 0 Å².